The Morgan fingerprint density at radius 2 is 2.00 bits per heavy atom. The van der Waals surface area contributed by atoms with Crippen LogP contribution in [0.1, 0.15) is 56.5 Å². The first kappa shape index (κ1) is 23.9. The van der Waals surface area contributed by atoms with E-state index in [0.29, 0.717) is 13.1 Å². The second-order valence-corrected chi connectivity index (χ2v) is 10.5. The van der Waals surface area contributed by atoms with Crippen LogP contribution >= 0.6 is 0 Å². The first-order chi connectivity index (χ1) is 17.2. The molecule has 2 aliphatic rings. The summed E-state index contributed by atoms with van der Waals surface area (Å²) in [5.41, 5.74) is 6.99. The highest BCUT2D eigenvalue weighted by atomic mass is 16.6. The number of hydrogen-bond donors (Lipinski definition) is 2. The SMILES string of the molecule is Cc1nnn2c1-c1ccc(C3=CCN(C(=O)OC(C)(C)C)CC3)cc1C(Nc1cccc(O)c1)CC2. The van der Waals surface area contributed by atoms with Crippen LogP contribution in [-0.2, 0) is 11.3 Å². The van der Waals surface area contributed by atoms with Gasteiger partial charge in [-0.1, -0.05) is 29.5 Å². The molecular formula is C28H33N5O3. The number of nitrogens with zero attached hydrogens (tertiary/aromatic N) is 4. The molecule has 1 atom stereocenters. The van der Waals surface area contributed by atoms with Gasteiger partial charge in [0, 0.05) is 37.0 Å². The number of carbonyl (C=O) groups is 1. The minimum Gasteiger partial charge on any atom is -0.508 e. The number of aromatic nitrogens is 3. The molecule has 0 fully saturated rings. The predicted molar refractivity (Wildman–Crippen MR) is 140 cm³/mol. The van der Waals surface area contributed by atoms with Gasteiger partial charge in [0.15, 0.2) is 0 Å². The number of rotatable bonds is 3. The molecular weight excluding hydrogens is 454 g/mol. The van der Waals surface area contributed by atoms with Crippen LogP contribution in [0, 0.1) is 6.92 Å². The number of aromatic hydroxyl groups is 1. The van der Waals surface area contributed by atoms with Crippen molar-refractivity contribution in [3.63, 3.8) is 0 Å². The molecule has 1 amide bonds. The molecule has 0 radical (unpaired) electrons. The summed E-state index contributed by atoms with van der Waals surface area (Å²) in [5.74, 6) is 0.234. The summed E-state index contributed by atoms with van der Waals surface area (Å²) in [4.78, 5) is 14.2. The number of carbonyl (C=O) groups excluding carboxylic acids is 1. The van der Waals surface area contributed by atoms with Gasteiger partial charge < -0.3 is 20.1 Å². The van der Waals surface area contributed by atoms with Crippen molar-refractivity contribution in [3.8, 4) is 17.0 Å². The largest absolute Gasteiger partial charge is 0.508 e. The van der Waals surface area contributed by atoms with E-state index in [0.717, 1.165) is 47.6 Å². The highest BCUT2D eigenvalue weighted by Gasteiger charge is 2.27. The zero-order chi connectivity index (χ0) is 25.4. The summed E-state index contributed by atoms with van der Waals surface area (Å²) < 4.78 is 7.52. The number of fused-ring (bicyclic) bond motifs is 3. The van der Waals surface area contributed by atoms with Crippen molar-refractivity contribution >= 4 is 17.4 Å². The molecule has 0 saturated heterocycles. The van der Waals surface area contributed by atoms with Crippen LogP contribution in [-0.4, -0.2) is 49.8 Å². The molecule has 1 unspecified atom stereocenters. The van der Waals surface area contributed by atoms with Crippen LogP contribution in [0.15, 0.2) is 48.5 Å². The Hall–Kier alpha value is -3.81. The van der Waals surface area contributed by atoms with Crippen LogP contribution in [0.5, 0.6) is 5.75 Å². The van der Waals surface area contributed by atoms with Gasteiger partial charge in [0.2, 0.25) is 0 Å². The molecule has 8 nitrogen and oxygen atoms in total. The third kappa shape index (κ3) is 4.94. The first-order valence-electron chi connectivity index (χ1n) is 12.5. The Labute approximate surface area is 211 Å². The molecule has 5 rings (SSSR count). The first-order valence-corrected chi connectivity index (χ1v) is 12.5. The minimum absolute atomic E-state index is 0.0327. The van der Waals surface area contributed by atoms with Gasteiger partial charge in [-0.3, -0.25) is 0 Å². The maximum atomic E-state index is 12.5. The lowest BCUT2D eigenvalue weighted by atomic mass is 9.90. The summed E-state index contributed by atoms with van der Waals surface area (Å²) in [6.45, 7) is 9.54. The van der Waals surface area contributed by atoms with Gasteiger partial charge in [0.1, 0.15) is 11.4 Å². The normalized spacial score (nSPS) is 17.5. The van der Waals surface area contributed by atoms with E-state index in [2.05, 4.69) is 39.9 Å². The number of phenolic OH excluding ortho intramolecular Hbond substituents is 1. The van der Waals surface area contributed by atoms with Crippen LogP contribution in [0.3, 0.4) is 0 Å². The molecule has 0 aliphatic carbocycles. The Bertz CT molecular complexity index is 1320. The monoisotopic (exact) mass is 487 g/mol. The highest BCUT2D eigenvalue weighted by Crippen LogP contribution is 2.39. The fraction of sp³-hybridized carbons (Fsp3) is 0.393. The Kier molecular flexibility index (Phi) is 6.20. The Morgan fingerprint density at radius 1 is 1.17 bits per heavy atom. The van der Waals surface area contributed by atoms with E-state index in [1.165, 1.54) is 11.1 Å². The van der Waals surface area contributed by atoms with E-state index >= 15 is 0 Å². The van der Waals surface area contributed by atoms with Gasteiger partial charge in [0.05, 0.1) is 17.4 Å². The second kappa shape index (κ2) is 9.33. The van der Waals surface area contributed by atoms with Gasteiger partial charge in [-0.2, -0.15) is 0 Å². The number of benzene rings is 2. The lowest BCUT2D eigenvalue weighted by molar-refractivity contribution is 0.0270. The summed E-state index contributed by atoms with van der Waals surface area (Å²) in [5, 5.41) is 22.3. The molecule has 0 saturated carbocycles. The molecule has 3 heterocycles. The van der Waals surface area contributed by atoms with E-state index < -0.39 is 5.60 Å². The van der Waals surface area contributed by atoms with Gasteiger partial charge >= 0.3 is 6.09 Å². The standard InChI is InChI=1S/C28H33N5O3/c1-18-26-23-9-8-20(19-10-13-32(14-11-19)27(35)36-28(2,3)4)16-24(23)25(12-15-33(26)31-30-18)29-21-6-5-7-22(34)17-21/h5-10,16-17,25,29,34H,11-15H2,1-4H3. The van der Waals surface area contributed by atoms with Crippen molar-refractivity contribution in [2.75, 3.05) is 18.4 Å². The second-order valence-electron chi connectivity index (χ2n) is 10.5. The topological polar surface area (TPSA) is 92.5 Å². The summed E-state index contributed by atoms with van der Waals surface area (Å²) in [6.07, 6.45) is 3.45. The van der Waals surface area contributed by atoms with E-state index in [-0.39, 0.29) is 17.9 Å². The smallest absolute Gasteiger partial charge is 0.410 e. The van der Waals surface area contributed by atoms with Crippen LogP contribution < -0.4 is 5.32 Å². The fourth-order valence-corrected chi connectivity index (χ4v) is 4.93. The predicted octanol–water partition coefficient (Wildman–Crippen LogP) is 5.54. The quantitative estimate of drug-likeness (QED) is 0.504. The van der Waals surface area contributed by atoms with Crippen molar-refractivity contribution in [2.45, 2.75) is 58.7 Å². The number of aryl methyl sites for hydroxylation is 2. The van der Waals surface area contributed by atoms with Crippen molar-refractivity contribution in [3.05, 3.63) is 65.4 Å². The van der Waals surface area contributed by atoms with E-state index in [1.54, 1.807) is 17.0 Å². The fourth-order valence-electron chi connectivity index (χ4n) is 4.93. The van der Waals surface area contributed by atoms with Crippen molar-refractivity contribution in [1.82, 2.24) is 19.9 Å². The van der Waals surface area contributed by atoms with Crippen LogP contribution in [0.2, 0.25) is 0 Å². The lowest BCUT2D eigenvalue weighted by Gasteiger charge is -2.30. The van der Waals surface area contributed by atoms with Gasteiger partial charge in [-0.05, 0) is 75.4 Å². The molecule has 3 aromatic rings. The molecule has 188 valence electrons. The molecule has 2 aliphatic heterocycles. The number of nitrogens with one attached hydrogen (secondary N) is 1. The van der Waals surface area contributed by atoms with E-state index in [1.807, 2.05) is 44.5 Å². The molecule has 0 spiro atoms. The lowest BCUT2D eigenvalue weighted by Crippen LogP contribution is -2.39. The van der Waals surface area contributed by atoms with E-state index in [4.69, 9.17) is 4.74 Å². The Balaban J connectivity index is 1.46. The third-order valence-electron chi connectivity index (χ3n) is 6.63. The number of ether oxygens (including phenoxy) is 1. The van der Waals surface area contributed by atoms with Gasteiger partial charge in [0.25, 0.3) is 0 Å². The average Bonchev–Trinajstić information content (AvgIpc) is 3.12. The zero-order valence-corrected chi connectivity index (χ0v) is 21.3. The molecule has 8 heteroatoms. The van der Waals surface area contributed by atoms with Gasteiger partial charge in [-0.15, -0.1) is 5.10 Å². The number of anilines is 1. The zero-order valence-electron chi connectivity index (χ0n) is 21.3. The summed E-state index contributed by atoms with van der Waals surface area (Å²) >= 11 is 0. The number of hydrogen-bond acceptors (Lipinski definition) is 6. The third-order valence-corrected chi connectivity index (χ3v) is 6.63. The molecule has 2 N–H and O–H groups in total. The van der Waals surface area contributed by atoms with Crippen LogP contribution in [0.4, 0.5) is 10.5 Å². The summed E-state index contributed by atoms with van der Waals surface area (Å²) in [7, 11) is 0. The Morgan fingerprint density at radius 3 is 2.72 bits per heavy atom. The van der Waals surface area contributed by atoms with E-state index in [9.17, 15) is 9.90 Å². The molecule has 0 bridgehead atoms. The van der Waals surface area contributed by atoms with Crippen LogP contribution in [0.25, 0.3) is 16.8 Å². The van der Waals surface area contributed by atoms with Gasteiger partial charge in [-0.25, -0.2) is 9.48 Å². The number of amides is 1. The minimum atomic E-state index is -0.505. The maximum absolute atomic E-state index is 12.5. The molecule has 36 heavy (non-hydrogen) atoms. The van der Waals surface area contributed by atoms with Crippen molar-refractivity contribution in [1.29, 1.82) is 0 Å². The van der Waals surface area contributed by atoms with Crippen molar-refractivity contribution < 1.29 is 14.6 Å². The highest BCUT2D eigenvalue weighted by molar-refractivity contribution is 5.76. The molecule has 1 aromatic heterocycles. The van der Waals surface area contributed by atoms with Crippen molar-refractivity contribution in [2.24, 2.45) is 0 Å². The summed E-state index contributed by atoms with van der Waals surface area (Å²) in [6, 6.07) is 13.8. The average molecular weight is 488 g/mol. The molecule has 2 aromatic carbocycles. The maximum Gasteiger partial charge on any atom is 0.410 e. The number of phenols is 1.